The zero-order chi connectivity index (χ0) is 9.84. The van der Waals surface area contributed by atoms with E-state index >= 15 is 0 Å². The predicted octanol–water partition coefficient (Wildman–Crippen LogP) is 2.68. The van der Waals surface area contributed by atoms with E-state index < -0.39 is 0 Å². The van der Waals surface area contributed by atoms with Crippen LogP contribution in [0.1, 0.15) is 33.1 Å². The van der Waals surface area contributed by atoms with E-state index in [-0.39, 0.29) is 5.91 Å². The fourth-order valence-corrected chi connectivity index (χ4v) is 2.22. The summed E-state index contributed by atoms with van der Waals surface area (Å²) in [6, 6.07) is 0.778. The summed E-state index contributed by atoms with van der Waals surface area (Å²) in [4.78, 5) is 15.2. The Labute approximate surface area is 88.1 Å². The molecule has 0 spiro atoms. The van der Waals surface area contributed by atoms with E-state index in [1.165, 1.54) is 6.42 Å². The van der Waals surface area contributed by atoms with E-state index in [1.807, 2.05) is 4.90 Å². The van der Waals surface area contributed by atoms with Gasteiger partial charge in [0, 0.05) is 18.2 Å². The van der Waals surface area contributed by atoms with Crippen molar-refractivity contribution in [3.8, 4) is 0 Å². The molecule has 2 nitrogen and oxygen atoms in total. The van der Waals surface area contributed by atoms with E-state index in [0.29, 0.717) is 12.1 Å². The van der Waals surface area contributed by atoms with Crippen LogP contribution in [0.3, 0.4) is 0 Å². The van der Waals surface area contributed by atoms with Crippen LogP contribution >= 0.6 is 15.9 Å². The first-order valence-electron chi connectivity index (χ1n) is 4.76. The van der Waals surface area contributed by atoms with Crippen LogP contribution in [0.2, 0.25) is 0 Å². The average molecular weight is 246 g/mol. The molecule has 0 aliphatic carbocycles. The van der Waals surface area contributed by atoms with Gasteiger partial charge in [0.1, 0.15) is 0 Å². The maximum atomic E-state index is 11.6. The lowest BCUT2D eigenvalue weighted by Crippen LogP contribution is -2.46. The van der Waals surface area contributed by atoms with Crippen LogP contribution in [-0.4, -0.2) is 22.9 Å². The van der Waals surface area contributed by atoms with Crippen LogP contribution < -0.4 is 0 Å². The molecule has 0 aromatic rings. The molecule has 1 aliphatic heterocycles. The van der Waals surface area contributed by atoms with Crippen molar-refractivity contribution in [2.24, 2.45) is 0 Å². The number of hydrogen-bond donors (Lipinski definition) is 0. The lowest BCUT2D eigenvalue weighted by molar-refractivity contribution is -0.131. The Morgan fingerprint density at radius 1 is 1.38 bits per heavy atom. The van der Waals surface area contributed by atoms with E-state index in [1.54, 1.807) is 11.1 Å². The Morgan fingerprint density at radius 2 is 1.92 bits per heavy atom. The summed E-state index contributed by atoms with van der Waals surface area (Å²) in [6.07, 6.45) is 5.08. The summed E-state index contributed by atoms with van der Waals surface area (Å²) in [5, 5.41) is 0. The number of piperidine rings is 1. The zero-order valence-corrected chi connectivity index (χ0v) is 9.75. The van der Waals surface area contributed by atoms with Crippen molar-refractivity contribution in [1.82, 2.24) is 4.90 Å². The molecule has 2 atom stereocenters. The molecule has 0 aromatic heterocycles. The van der Waals surface area contributed by atoms with Crippen LogP contribution in [0.25, 0.3) is 0 Å². The van der Waals surface area contributed by atoms with Crippen LogP contribution in [0.15, 0.2) is 11.1 Å². The summed E-state index contributed by atoms with van der Waals surface area (Å²) < 4.78 is 0. The molecule has 0 aromatic carbocycles. The van der Waals surface area contributed by atoms with Gasteiger partial charge < -0.3 is 4.90 Å². The SMILES string of the molecule is CC1CCCC(C)N1C(=O)C=CBr. The molecular weight excluding hydrogens is 230 g/mol. The lowest BCUT2D eigenvalue weighted by atomic mass is 9.97. The van der Waals surface area contributed by atoms with E-state index in [9.17, 15) is 4.79 Å². The Kier molecular flexibility index (Phi) is 3.97. The van der Waals surface area contributed by atoms with Crippen molar-refractivity contribution in [3.63, 3.8) is 0 Å². The van der Waals surface area contributed by atoms with Crippen molar-refractivity contribution in [2.45, 2.75) is 45.2 Å². The molecule has 1 amide bonds. The molecule has 74 valence electrons. The third kappa shape index (κ3) is 2.56. The minimum absolute atomic E-state index is 0.122. The molecule has 1 saturated heterocycles. The molecule has 1 fully saturated rings. The second-order valence-electron chi connectivity index (χ2n) is 3.67. The van der Waals surface area contributed by atoms with Gasteiger partial charge in [0.2, 0.25) is 5.91 Å². The average Bonchev–Trinajstić information content (AvgIpc) is 2.04. The molecular formula is C10H16BrNO. The number of rotatable bonds is 1. The van der Waals surface area contributed by atoms with Crippen LogP contribution in [-0.2, 0) is 4.79 Å². The van der Waals surface area contributed by atoms with Crippen LogP contribution in [0.4, 0.5) is 0 Å². The van der Waals surface area contributed by atoms with Crippen molar-refractivity contribution in [3.05, 3.63) is 11.1 Å². The molecule has 1 rings (SSSR count). The molecule has 1 heterocycles. The summed E-state index contributed by atoms with van der Waals surface area (Å²) >= 11 is 3.13. The van der Waals surface area contributed by atoms with Crippen LogP contribution in [0.5, 0.6) is 0 Å². The molecule has 1 aliphatic rings. The van der Waals surface area contributed by atoms with Crippen molar-refractivity contribution >= 4 is 21.8 Å². The summed E-state index contributed by atoms with van der Waals surface area (Å²) in [5.74, 6) is 0.122. The normalized spacial score (nSPS) is 29.6. The molecule has 2 unspecified atom stereocenters. The van der Waals surface area contributed by atoms with Gasteiger partial charge in [-0.05, 0) is 38.1 Å². The highest BCUT2D eigenvalue weighted by atomic mass is 79.9. The van der Waals surface area contributed by atoms with Gasteiger partial charge in [0.05, 0.1) is 0 Å². The van der Waals surface area contributed by atoms with Crippen LogP contribution in [0, 0.1) is 0 Å². The number of nitrogens with zero attached hydrogens (tertiary/aromatic N) is 1. The second kappa shape index (κ2) is 4.80. The second-order valence-corrected chi connectivity index (χ2v) is 4.20. The van der Waals surface area contributed by atoms with Gasteiger partial charge in [-0.3, -0.25) is 4.79 Å². The number of amides is 1. The van der Waals surface area contributed by atoms with Crippen molar-refractivity contribution in [2.75, 3.05) is 0 Å². The van der Waals surface area contributed by atoms with Crippen molar-refractivity contribution in [1.29, 1.82) is 0 Å². The Bertz CT molecular complexity index is 205. The highest BCUT2D eigenvalue weighted by molar-refractivity contribution is 9.11. The maximum absolute atomic E-state index is 11.6. The van der Waals surface area contributed by atoms with Gasteiger partial charge in [0.15, 0.2) is 0 Å². The smallest absolute Gasteiger partial charge is 0.247 e. The quantitative estimate of drug-likeness (QED) is 0.651. The largest absolute Gasteiger partial charge is 0.334 e. The van der Waals surface area contributed by atoms with E-state index in [2.05, 4.69) is 29.8 Å². The van der Waals surface area contributed by atoms with Gasteiger partial charge in [-0.1, -0.05) is 15.9 Å². The van der Waals surface area contributed by atoms with Gasteiger partial charge in [-0.15, -0.1) is 0 Å². The first-order valence-corrected chi connectivity index (χ1v) is 5.67. The molecule has 0 saturated carbocycles. The van der Waals surface area contributed by atoms with Gasteiger partial charge in [0.25, 0.3) is 0 Å². The predicted molar refractivity (Wildman–Crippen MR) is 57.7 cm³/mol. The zero-order valence-electron chi connectivity index (χ0n) is 8.16. The summed E-state index contributed by atoms with van der Waals surface area (Å²) in [6.45, 7) is 4.24. The fourth-order valence-electron chi connectivity index (χ4n) is 2.00. The highest BCUT2D eigenvalue weighted by Gasteiger charge is 2.27. The lowest BCUT2D eigenvalue weighted by Gasteiger charge is -2.38. The molecule has 0 radical (unpaired) electrons. The first kappa shape index (κ1) is 10.8. The molecule has 0 N–H and O–H groups in total. The number of likely N-dealkylation sites (tertiary alicyclic amines) is 1. The number of halogens is 1. The number of carbonyl (C=O) groups excluding carboxylic acids is 1. The van der Waals surface area contributed by atoms with Gasteiger partial charge >= 0.3 is 0 Å². The van der Waals surface area contributed by atoms with Crippen molar-refractivity contribution < 1.29 is 4.79 Å². The first-order chi connectivity index (χ1) is 6.16. The Hall–Kier alpha value is -0.310. The molecule has 13 heavy (non-hydrogen) atoms. The number of carbonyl (C=O) groups is 1. The highest BCUT2D eigenvalue weighted by Crippen LogP contribution is 2.22. The number of hydrogen-bond acceptors (Lipinski definition) is 1. The fraction of sp³-hybridized carbons (Fsp3) is 0.700. The Morgan fingerprint density at radius 3 is 2.38 bits per heavy atom. The standard InChI is InChI=1S/C10H16BrNO/c1-8-4-3-5-9(2)12(8)10(13)6-7-11/h6-9H,3-5H2,1-2H3. The van der Waals surface area contributed by atoms with Gasteiger partial charge in [-0.2, -0.15) is 0 Å². The Balaban J connectivity index is 2.68. The minimum atomic E-state index is 0.122. The maximum Gasteiger partial charge on any atom is 0.247 e. The third-order valence-corrected chi connectivity index (χ3v) is 2.92. The van der Waals surface area contributed by atoms with E-state index in [0.717, 1.165) is 12.8 Å². The topological polar surface area (TPSA) is 20.3 Å². The monoisotopic (exact) mass is 245 g/mol. The minimum Gasteiger partial charge on any atom is -0.334 e. The molecule has 0 bridgehead atoms. The summed E-state index contributed by atoms with van der Waals surface area (Å²) in [5.41, 5.74) is 0. The van der Waals surface area contributed by atoms with E-state index in [4.69, 9.17) is 0 Å². The summed E-state index contributed by atoms with van der Waals surface area (Å²) in [7, 11) is 0. The van der Waals surface area contributed by atoms with Gasteiger partial charge in [-0.25, -0.2) is 0 Å². The third-order valence-electron chi connectivity index (χ3n) is 2.65. The molecule has 3 heteroatoms.